The summed E-state index contributed by atoms with van der Waals surface area (Å²) in [7, 11) is 0. The third-order valence-corrected chi connectivity index (χ3v) is 2.59. The molecular weight excluding hydrogens is 222 g/mol. The Kier molecular flexibility index (Phi) is 6.18. The van der Waals surface area contributed by atoms with Crippen molar-refractivity contribution in [3.05, 3.63) is 12.4 Å². The number of rotatable bonds is 7. The van der Waals surface area contributed by atoms with Crippen LogP contribution in [-0.4, -0.2) is 35.4 Å². The molecule has 5 heteroatoms. The molecule has 0 aliphatic carbocycles. The van der Waals surface area contributed by atoms with Crippen LogP contribution in [0.4, 0.5) is 0 Å². The second-order valence-electron chi connectivity index (χ2n) is 3.71. The third kappa shape index (κ3) is 5.32. The van der Waals surface area contributed by atoms with Crippen molar-refractivity contribution >= 4 is 11.8 Å². The molecule has 0 aliphatic heterocycles. The molecule has 0 saturated carbocycles. The van der Waals surface area contributed by atoms with Crippen molar-refractivity contribution in [3.63, 3.8) is 0 Å². The summed E-state index contributed by atoms with van der Waals surface area (Å²) in [5.74, 6) is 0.656. The van der Waals surface area contributed by atoms with Gasteiger partial charge in [0.05, 0.1) is 6.61 Å². The molecule has 90 valence electrons. The van der Waals surface area contributed by atoms with Crippen LogP contribution >= 0.6 is 11.8 Å². The van der Waals surface area contributed by atoms with Gasteiger partial charge in [0.25, 0.3) is 0 Å². The molecule has 0 radical (unpaired) electrons. The number of hydrogen-bond acceptors (Lipinski definition) is 5. The molecule has 1 aromatic rings. The number of aromatic nitrogens is 2. The van der Waals surface area contributed by atoms with Crippen LogP contribution in [0.3, 0.4) is 0 Å². The molecule has 1 heterocycles. The summed E-state index contributed by atoms with van der Waals surface area (Å²) in [5.41, 5.74) is 0. The molecule has 0 spiro atoms. The Labute approximate surface area is 101 Å². The van der Waals surface area contributed by atoms with Crippen molar-refractivity contribution in [2.75, 3.05) is 19.4 Å². The fraction of sp³-hybridized carbons (Fsp3) is 0.636. The van der Waals surface area contributed by atoms with Crippen molar-refractivity contribution in [2.45, 2.75) is 31.3 Å². The van der Waals surface area contributed by atoms with Gasteiger partial charge in [-0.15, -0.1) is 11.8 Å². The summed E-state index contributed by atoms with van der Waals surface area (Å²) in [6.07, 6.45) is 4.50. The van der Waals surface area contributed by atoms with Crippen molar-refractivity contribution in [1.82, 2.24) is 15.3 Å². The molecule has 0 fully saturated rings. The van der Waals surface area contributed by atoms with Crippen LogP contribution in [0, 0.1) is 0 Å². The second kappa shape index (κ2) is 7.46. The molecule has 1 N–H and O–H groups in total. The van der Waals surface area contributed by atoms with E-state index in [-0.39, 0.29) is 0 Å². The Bertz CT molecular complexity index is 307. The van der Waals surface area contributed by atoms with E-state index < -0.39 is 0 Å². The topological polar surface area (TPSA) is 47.0 Å². The first-order chi connectivity index (χ1) is 7.72. The van der Waals surface area contributed by atoms with Crippen LogP contribution in [0.1, 0.15) is 20.3 Å². The molecule has 0 atom stereocenters. The highest BCUT2D eigenvalue weighted by Crippen LogP contribution is 2.15. The molecule has 0 saturated heterocycles. The van der Waals surface area contributed by atoms with Crippen LogP contribution in [0.15, 0.2) is 17.4 Å². The number of hydrogen-bond donors (Lipinski definition) is 1. The van der Waals surface area contributed by atoms with Gasteiger partial charge < -0.3 is 10.1 Å². The first kappa shape index (κ1) is 13.3. The molecular formula is C11H19N3OS. The predicted octanol–water partition coefficient (Wildman–Crippen LogP) is 1.97. The lowest BCUT2D eigenvalue weighted by Crippen LogP contribution is -2.24. The molecule has 0 amide bonds. The van der Waals surface area contributed by atoms with E-state index in [9.17, 15) is 0 Å². The van der Waals surface area contributed by atoms with Crippen molar-refractivity contribution in [3.8, 4) is 5.88 Å². The van der Waals surface area contributed by atoms with E-state index >= 15 is 0 Å². The predicted molar refractivity (Wildman–Crippen MR) is 67.1 cm³/mol. The Morgan fingerprint density at radius 3 is 2.94 bits per heavy atom. The van der Waals surface area contributed by atoms with E-state index in [2.05, 4.69) is 29.1 Å². The molecule has 16 heavy (non-hydrogen) atoms. The Morgan fingerprint density at radius 2 is 2.25 bits per heavy atom. The lowest BCUT2D eigenvalue weighted by Gasteiger charge is -2.08. The summed E-state index contributed by atoms with van der Waals surface area (Å²) < 4.78 is 5.53. The fourth-order valence-corrected chi connectivity index (χ4v) is 1.52. The van der Waals surface area contributed by atoms with Gasteiger partial charge in [-0.2, -0.15) is 0 Å². The molecule has 0 unspecified atom stereocenters. The highest BCUT2D eigenvalue weighted by molar-refractivity contribution is 7.98. The zero-order valence-corrected chi connectivity index (χ0v) is 10.9. The van der Waals surface area contributed by atoms with Gasteiger partial charge in [0.15, 0.2) is 0 Å². The maximum absolute atomic E-state index is 5.53. The van der Waals surface area contributed by atoms with E-state index in [1.807, 2.05) is 12.3 Å². The highest BCUT2D eigenvalue weighted by Gasteiger charge is 1.98. The highest BCUT2D eigenvalue weighted by atomic mass is 32.2. The van der Waals surface area contributed by atoms with E-state index in [1.165, 1.54) is 6.33 Å². The second-order valence-corrected chi connectivity index (χ2v) is 4.54. The zero-order chi connectivity index (χ0) is 11.8. The van der Waals surface area contributed by atoms with E-state index in [1.54, 1.807) is 11.8 Å². The van der Waals surface area contributed by atoms with E-state index in [0.717, 1.165) is 18.0 Å². The number of nitrogens with one attached hydrogen (secondary N) is 1. The largest absolute Gasteiger partial charge is 0.478 e. The quantitative estimate of drug-likeness (QED) is 0.449. The van der Waals surface area contributed by atoms with Gasteiger partial charge >= 0.3 is 0 Å². The molecule has 1 aromatic heterocycles. The lowest BCUT2D eigenvalue weighted by atomic mass is 10.3. The first-order valence-electron chi connectivity index (χ1n) is 5.44. The first-order valence-corrected chi connectivity index (χ1v) is 6.67. The number of thioether (sulfide) groups is 1. The normalized spacial score (nSPS) is 10.8. The lowest BCUT2D eigenvalue weighted by molar-refractivity contribution is 0.293. The van der Waals surface area contributed by atoms with Crippen molar-refractivity contribution in [1.29, 1.82) is 0 Å². The van der Waals surface area contributed by atoms with Crippen LogP contribution < -0.4 is 10.1 Å². The minimum absolute atomic E-state index is 0.530. The van der Waals surface area contributed by atoms with Crippen molar-refractivity contribution < 1.29 is 4.74 Å². The maximum Gasteiger partial charge on any atom is 0.217 e. The van der Waals surface area contributed by atoms with Gasteiger partial charge in [0, 0.05) is 12.1 Å². The molecule has 1 rings (SSSR count). The Morgan fingerprint density at radius 1 is 1.44 bits per heavy atom. The Balaban J connectivity index is 2.21. The van der Waals surface area contributed by atoms with Crippen LogP contribution in [0.25, 0.3) is 0 Å². The SMILES string of the molecule is CSc1cc(OCCCNC(C)C)ncn1. The maximum atomic E-state index is 5.53. The van der Waals surface area contributed by atoms with Gasteiger partial charge in [0.2, 0.25) is 5.88 Å². The molecule has 4 nitrogen and oxygen atoms in total. The fourth-order valence-electron chi connectivity index (χ4n) is 1.15. The Hall–Kier alpha value is -0.810. The van der Waals surface area contributed by atoms with Gasteiger partial charge in [-0.05, 0) is 19.2 Å². The summed E-state index contributed by atoms with van der Waals surface area (Å²) in [4.78, 5) is 8.14. The third-order valence-electron chi connectivity index (χ3n) is 1.95. The standard InChI is InChI=1S/C11H19N3OS/c1-9(2)12-5-4-6-15-10-7-11(16-3)14-8-13-10/h7-9,12H,4-6H2,1-3H3. The summed E-state index contributed by atoms with van der Waals surface area (Å²) in [6.45, 7) is 5.93. The van der Waals surface area contributed by atoms with E-state index in [0.29, 0.717) is 18.5 Å². The van der Waals surface area contributed by atoms with Gasteiger partial charge in [-0.3, -0.25) is 0 Å². The number of ether oxygens (including phenoxy) is 1. The molecule has 0 aliphatic rings. The minimum Gasteiger partial charge on any atom is -0.478 e. The summed E-state index contributed by atoms with van der Waals surface area (Å²) in [6, 6.07) is 2.39. The summed E-state index contributed by atoms with van der Waals surface area (Å²) in [5, 5.41) is 4.27. The van der Waals surface area contributed by atoms with Crippen LogP contribution in [0.5, 0.6) is 5.88 Å². The van der Waals surface area contributed by atoms with Crippen LogP contribution in [0.2, 0.25) is 0 Å². The van der Waals surface area contributed by atoms with Gasteiger partial charge in [-0.1, -0.05) is 13.8 Å². The summed E-state index contributed by atoms with van der Waals surface area (Å²) >= 11 is 1.59. The number of nitrogens with zero attached hydrogens (tertiary/aromatic N) is 2. The molecule has 0 aromatic carbocycles. The zero-order valence-electron chi connectivity index (χ0n) is 10.1. The average molecular weight is 241 g/mol. The van der Waals surface area contributed by atoms with Gasteiger partial charge in [0.1, 0.15) is 11.4 Å². The monoisotopic (exact) mass is 241 g/mol. The van der Waals surface area contributed by atoms with Gasteiger partial charge in [-0.25, -0.2) is 9.97 Å². The van der Waals surface area contributed by atoms with E-state index in [4.69, 9.17) is 4.74 Å². The average Bonchev–Trinajstić information content (AvgIpc) is 2.28. The smallest absolute Gasteiger partial charge is 0.217 e. The minimum atomic E-state index is 0.530. The van der Waals surface area contributed by atoms with Crippen LogP contribution in [-0.2, 0) is 0 Å². The van der Waals surface area contributed by atoms with Crippen molar-refractivity contribution in [2.24, 2.45) is 0 Å². The molecule has 0 bridgehead atoms.